The Balaban J connectivity index is 1.98. The Hall–Kier alpha value is -0.370. The predicted octanol–water partition coefficient (Wildman–Crippen LogP) is 4.92. The van der Waals surface area contributed by atoms with Crippen LogP contribution in [0, 0.1) is 12.3 Å². The van der Waals surface area contributed by atoms with E-state index in [4.69, 9.17) is 0 Å². The molecule has 0 unspecified atom stereocenters. The summed E-state index contributed by atoms with van der Waals surface area (Å²) < 4.78 is 0. The number of rotatable bonds is 1. The zero-order chi connectivity index (χ0) is 11.6. The summed E-state index contributed by atoms with van der Waals surface area (Å²) in [6.07, 6.45) is 10.2. The fourth-order valence-electron chi connectivity index (χ4n) is 2.73. The molecule has 0 N–H and O–H groups in total. The highest BCUT2D eigenvalue weighted by Gasteiger charge is 2.23. The van der Waals surface area contributed by atoms with Crippen LogP contribution < -0.4 is 0 Å². The summed E-state index contributed by atoms with van der Waals surface area (Å²) in [5, 5.41) is 1.39. The van der Waals surface area contributed by atoms with Crippen LogP contribution in [-0.4, -0.2) is 4.98 Å². The smallest absolute Gasteiger partial charge is 0.0958 e. The number of aryl methyl sites for hydroxylation is 1. The Morgan fingerprint density at radius 3 is 2.38 bits per heavy atom. The molecule has 1 nitrogen and oxygen atoms in total. The standard InChI is InChI=1S/C14H23NS/c1-11-10-15-13(16-11)12-6-4-8-14(2,3)9-5-7-12/h10,12H,4-9H2,1-3H3. The third-order valence-electron chi connectivity index (χ3n) is 3.80. The van der Waals surface area contributed by atoms with Gasteiger partial charge < -0.3 is 0 Å². The topological polar surface area (TPSA) is 12.9 Å². The molecule has 0 amide bonds. The molecule has 0 bridgehead atoms. The Kier molecular flexibility index (Phi) is 3.68. The van der Waals surface area contributed by atoms with Gasteiger partial charge in [-0.05, 0) is 38.0 Å². The van der Waals surface area contributed by atoms with Crippen molar-refractivity contribution < 1.29 is 0 Å². The zero-order valence-corrected chi connectivity index (χ0v) is 11.6. The molecule has 1 saturated carbocycles. The van der Waals surface area contributed by atoms with Gasteiger partial charge in [-0.1, -0.05) is 26.7 Å². The Labute approximate surface area is 103 Å². The van der Waals surface area contributed by atoms with E-state index in [0.29, 0.717) is 5.41 Å². The normalized spacial score (nSPS) is 22.7. The van der Waals surface area contributed by atoms with Crippen molar-refractivity contribution in [3.05, 3.63) is 16.1 Å². The van der Waals surface area contributed by atoms with Crippen LogP contribution >= 0.6 is 11.3 Å². The lowest BCUT2D eigenvalue weighted by molar-refractivity contribution is 0.256. The maximum Gasteiger partial charge on any atom is 0.0958 e. The van der Waals surface area contributed by atoms with E-state index in [-0.39, 0.29) is 0 Å². The summed E-state index contributed by atoms with van der Waals surface area (Å²) >= 11 is 1.90. The minimum absolute atomic E-state index is 0.573. The van der Waals surface area contributed by atoms with Crippen molar-refractivity contribution in [1.29, 1.82) is 0 Å². The minimum Gasteiger partial charge on any atom is -0.249 e. The average Bonchev–Trinajstić information content (AvgIpc) is 2.59. The van der Waals surface area contributed by atoms with Gasteiger partial charge in [-0.15, -0.1) is 11.3 Å². The molecule has 1 fully saturated rings. The first-order valence-electron chi connectivity index (χ1n) is 6.49. The van der Waals surface area contributed by atoms with Crippen LogP contribution in [0.4, 0.5) is 0 Å². The summed E-state index contributed by atoms with van der Waals surface area (Å²) in [5.74, 6) is 0.745. The van der Waals surface area contributed by atoms with Crippen LogP contribution in [0.25, 0.3) is 0 Å². The number of hydrogen-bond donors (Lipinski definition) is 0. The van der Waals surface area contributed by atoms with Gasteiger partial charge >= 0.3 is 0 Å². The van der Waals surface area contributed by atoms with Gasteiger partial charge in [0.25, 0.3) is 0 Å². The van der Waals surface area contributed by atoms with Crippen molar-refractivity contribution in [3.8, 4) is 0 Å². The third-order valence-corrected chi connectivity index (χ3v) is 4.88. The lowest BCUT2D eigenvalue weighted by Crippen LogP contribution is -2.15. The maximum atomic E-state index is 4.57. The Bertz CT molecular complexity index is 328. The fraction of sp³-hybridized carbons (Fsp3) is 0.786. The van der Waals surface area contributed by atoms with Gasteiger partial charge in [0.1, 0.15) is 0 Å². The molecule has 0 aliphatic heterocycles. The second kappa shape index (κ2) is 4.87. The molecule has 0 saturated heterocycles. The lowest BCUT2D eigenvalue weighted by atomic mass is 9.77. The van der Waals surface area contributed by atoms with Crippen LogP contribution in [-0.2, 0) is 0 Å². The molecular weight excluding hydrogens is 214 g/mol. The Morgan fingerprint density at radius 1 is 1.25 bits per heavy atom. The number of hydrogen-bond acceptors (Lipinski definition) is 2. The molecular formula is C14H23NS. The minimum atomic E-state index is 0.573. The maximum absolute atomic E-state index is 4.57. The van der Waals surface area contributed by atoms with Gasteiger partial charge in [-0.3, -0.25) is 0 Å². The van der Waals surface area contributed by atoms with Crippen molar-refractivity contribution in [2.24, 2.45) is 5.41 Å². The van der Waals surface area contributed by atoms with Gasteiger partial charge in [0, 0.05) is 17.0 Å². The second-order valence-corrected chi connectivity index (χ2v) is 7.22. The SMILES string of the molecule is Cc1cnc(C2CCCC(C)(C)CCC2)s1. The molecule has 1 aromatic heterocycles. The van der Waals surface area contributed by atoms with E-state index >= 15 is 0 Å². The van der Waals surface area contributed by atoms with Crippen LogP contribution in [0.5, 0.6) is 0 Å². The summed E-state index contributed by atoms with van der Waals surface area (Å²) in [6.45, 7) is 6.99. The third kappa shape index (κ3) is 3.07. The van der Waals surface area contributed by atoms with Crippen molar-refractivity contribution in [2.75, 3.05) is 0 Å². The molecule has 1 heterocycles. The highest BCUT2D eigenvalue weighted by molar-refractivity contribution is 7.11. The van der Waals surface area contributed by atoms with E-state index in [1.54, 1.807) is 0 Å². The number of thiazole rings is 1. The average molecular weight is 237 g/mol. The van der Waals surface area contributed by atoms with Gasteiger partial charge in [0.05, 0.1) is 5.01 Å². The van der Waals surface area contributed by atoms with Gasteiger partial charge in [-0.2, -0.15) is 0 Å². The number of aromatic nitrogens is 1. The predicted molar refractivity (Wildman–Crippen MR) is 71.1 cm³/mol. The highest BCUT2D eigenvalue weighted by atomic mass is 32.1. The van der Waals surface area contributed by atoms with E-state index in [2.05, 4.69) is 25.8 Å². The lowest BCUT2D eigenvalue weighted by Gasteiger charge is -2.29. The molecule has 0 spiro atoms. The molecule has 0 aromatic carbocycles. The van der Waals surface area contributed by atoms with Crippen LogP contribution in [0.15, 0.2) is 6.20 Å². The van der Waals surface area contributed by atoms with E-state index in [0.717, 1.165) is 5.92 Å². The quantitative estimate of drug-likeness (QED) is 0.676. The molecule has 1 aromatic rings. The van der Waals surface area contributed by atoms with Crippen molar-refractivity contribution in [2.45, 2.75) is 65.2 Å². The molecule has 2 heteroatoms. The first-order valence-corrected chi connectivity index (χ1v) is 7.31. The monoisotopic (exact) mass is 237 g/mol. The molecule has 0 radical (unpaired) electrons. The second-order valence-electron chi connectivity index (χ2n) is 5.95. The Morgan fingerprint density at radius 2 is 1.88 bits per heavy atom. The summed E-state index contributed by atoms with van der Waals surface area (Å²) in [5.41, 5.74) is 0.573. The van der Waals surface area contributed by atoms with Crippen molar-refractivity contribution in [3.63, 3.8) is 0 Å². The highest BCUT2D eigenvalue weighted by Crippen LogP contribution is 2.38. The fourth-order valence-corrected chi connectivity index (χ4v) is 3.67. The van der Waals surface area contributed by atoms with E-state index < -0.39 is 0 Å². The largest absolute Gasteiger partial charge is 0.249 e. The van der Waals surface area contributed by atoms with Crippen LogP contribution in [0.2, 0.25) is 0 Å². The van der Waals surface area contributed by atoms with E-state index in [1.165, 1.54) is 48.4 Å². The molecule has 90 valence electrons. The summed E-state index contributed by atoms with van der Waals surface area (Å²) in [6, 6.07) is 0. The summed E-state index contributed by atoms with van der Waals surface area (Å²) in [7, 11) is 0. The molecule has 2 rings (SSSR count). The van der Waals surface area contributed by atoms with Gasteiger partial charge in [0.15, 0.2) is 0 Å². The van der Waals surface area contributed by atoms with Crippen molar-refractivity contribution >= 4 is 11.3 Å². The first-order chi connectivity index (χ1) is 7.57. The number of nitrogens with zero attached hydrogens (tertiary/aromatic N) is 1. The van der Waals surface area contributed by atoms with Crippen LogP contribution in [0.1, 0.15) is 68.2 Å². The molecule has 1 aliphatic carbocycles. The van der Waals surface area contributed by atoms with E-state index in [1.807, 2.05) is 17.5 Å². The molecule has 1 aliphatic rings. The first kappa shape index (κ1) is 12.1. The molecule has 0 atom stereocenters. The zero-order valence-electron chi connectivity index (χ0n) is 10.8. The summed E-state index contributed by atoms with van der Waals surface area (Å²) in [4.78, 5) is 5.93. The van der Waals surface area contributed by atoms with Crippen LogP contribution in [0.3, 0.4) is 0 Å². The van der Waals surface area contributed by atoms with Crippen molar-refractivity contribution in [1.82, 2.24) is 4.98 Å². The van der Waals surface area contributed by atoms with Gasteiger partial charge in [0.2, 0.25) is 0 Å². The van der Waals surface area contributed by atoms with E-state index in [9.17, 15) is 0 Å². The van der Waals surface area contributed by atoms with Gasteiger partial charge in [-0.25, -0.2) is 4.98 Å². The molecule has 16 heavy (non-hydrogen) atoms.